The minimum atomic E-state index is -0.352. The number of amides is 1. The van der Waals surface area contributed by atoms with E-state index in [1.807, 2.05) is 60.4 Å². The number of thiocarbonyl (C=S) groups is 1. The largest absolute Gasteiger partial charge is 0.370 e. The maximum atomic E-state index is 11.2. The molecule has 6 heteroatoms. The van der Waals surface area contributed by atoms with Crippen molar-refractivity contribution in [2.24, 2.45) is 5.73 Å². The summed E-state index contributed by atoms with van der Waals surface area (Å²) in [6, 6.07) is 15.6. The molecule has 0 radical (unpaired) electrons. The average Bonchev–Trinajstić information content (AvgIpc) is 2.56. The van der Waals surface area contributed by atoms with E-state index >= 15 is 0 Å². The van der Waals surface area contributed by atoms with E-state index in [0.717, 1.165) is 16.8 Å². The van der Waals surface area contributed by atoms with Gasteiger partial charge in [0.05, 0.1) is 0 Å². The Hall–Kier alpha value is -2.11. The van der Waals surface area contributed by atoms with Gasteiger partial charge in [-0.05, 0) is 42.4 Å². The van der Waals surface area contributed by atoms with Crippen LogP contribution in [0.25, 0.3) is 0 Å². The van der Waals surface area contributed by atoms with Crippen LogP contribution in [0.1, 0.15) is 17.5 Å². The molecule has 1 amide bonds. The Balaban J connectivity index is 2.14. The summed E-state index contributed by atoms with van der Waals surface area (Å²) < 4.78 is 0. The summed E-state index contributed by atoms with van der Waals surface area (Å²) in [5.41, 5.74) is 8.17. The van der Waals surface area contributed by atoms with Gasteiger partial charge in [0.25, 0.3) is 0 Å². The van der Waals surface area contributed by atoms with Crippen molar-refractivity contribution < 1.29 is 4.79 Å². The molecule has 4 nitrogen and oxygen atoms in total. The number of nitrogens with zero attached hydrogens (tertiary/aromatic N) is 1. The predicted molar refractivity (Wildman–Crippen MR) is 103 cm³/mol. The van der Waals surface area contributed by atoms with E-state index in [1.165, 1.54) is 0 Å². The van der Waals surface area contributed by atoms with Crippen LogP contribution in [0.2, 0.25) is 5.02 Å². The van der Waals surface area contributed by atoms with Gasteiger partial charge in [-0.1, -0.05) is 48.0 Å². The van der Waals surface area contributed by atoms with Crippen molar-refractivity contribution in [2.45, 2.75) is 19.9 Å². The first-order valence-electron chi connectivity index (χ1n) is 7.60. The van der Waals surface area contributed by atoms with E-state index in [4.69, 9.17) is 29.6 Å². The van der Waals surface area contributed by atoms with Crippen LogP contribution in [0.4, 0.5) is 5.69 Å². The number of nitrogens with one attached hydrogen (secondary N) is 1. The minimum Gasteiger partial charge on any atom is -0.370 e. The zero-order valence-electron chi connectivity index (χ0n) is 13.5. The van der Waals surface area contributed by atoms with Crippen molar-refractivity contribution in [3.8, 4) is 0 Å². The monoisotopic (exact) mass is 361 g/mol. The van der Waals surface area contributed by atoms with E-state index in [1.54, 1.807) is 0 Å². The van der Waals surface area contributed by atoms with Gasteiger partial charge in [0.1, 0.15) is 0 Å². The third kappa shape index (κ3) is 5.22. The average molecular weight is 362 g/mol. The number of halogens is 1. The Kier molecular flexibility index (Phi) is 6.58. The molecule has 0 saturated carbocycles. The second-order valence-electron chi connectivity index (χ2n) is 5.47. The molecule has 2 aromatic rings. The second-order valence-corrected chi connectivity index (χ2v) is 6.26. The maximum absolute atomic E-state index is 11.2. The van der Waals surface area contributed by atoms with Gasteiger partial charge in [-0.25, -0.2) is 0 Å². The van der Waals surface area contributed by atoms with Crippen LogP contribution in [-0.4, -0.2) is 22.5 Å². The Morgan fingerprint density at radius 2 is 1.92 bits per heavy atom. The molecule has 0 atom stereocenters. The lowest BCUT2D eigenvalue weighted by Crippen LogP contribution is -2.36. The van der Waals surface area contributed by atoms with Crippen LogP contribution in [0.5, 0.6) is 0 Å². The molecule has 0 unspecified atom stereocenters. The minimum absolute atomic E-state index is 0.239. The van der Waals surface area contributed by atoms with Gasteiger partial charge >= 0.3 is 0 Å². The molecule has 24 heavy (non-hydrogen) atoms. The molecule has 2 aromatic carbocycles. The molecule has 0 heterocycles. The lowest BCUT2D eigenvalue weighted by atomic mass is 10.2. The van der Waals surface area contributed by atoms with Gasteiger partial charge in [0.2, 0.25) is 5.91 Å². The summed E-state index contributed by atoms with van der Waals surface area (Å²) in [5, 5.41) is 4.42. The van der Waals surface area contributed by atoms with Crippen molar-refractivity contribution >= 4 is 40.5 Å². The van der Waals surface area contributed by atoms with Crippen LogP contribution >= 0.6 is 23.8 Å². The molecule has 3 N–H and O–H groups in total. The van der Waals surface area contributed by atoms with Crippen LogP contribution in [0, 0.1) is 6.92 Å². The topological polar surface area (TPSA) is 58.4 Å². The predicted octanol–water partition coefficient (Wildman–Crippen LogP) is 3.72. The number of carbonyl (C=O) groups excluding carboxylic acids is 1. The van der Waals surface area contributed by atoms with E-state index < -0.39 is 0 Å². The smallest absolute Gasteiger partial charge is 0.219 e. The Bertz CT molecular complexity index is 721. The highest BCUT2D eigenvalue weighted by atomic mass is 35.5. The lowest BCUT2D eigenvalue weighted by molar-refractivity contribution is -0.118. The molecule has 0 spiro atoms. The molecule has 0 fully saturated rings. The van der Waals surface area contributed by atoms with Crippen LogP contribution in [0.15, 0.2) is 48.5 Å². The first-order valence-corrected chi connectivity index (χ1v) is 8.39. The van der Waals surface area contributed by atoms with Crippen molar-refractivity contribution in [2.75, 3.05) is 11.9 Å². The summed E-state index contributed by atoms with van der Waals surface area (Å²) in [4.78, 5) is 13.1. The number of anilines is 1. The first kappa shape index (κ1) is 18.2. The number of primary amides is 1. The molecule has 0 aliphatic heterocycles. The van der Waals surface area contributed by atoms with Crippen LogP contribution in [0.3, 0.4) is 0 Å². The molecular formula is C18H20ClN3OS. The molecule has 0 aromatic heterocycles. The molecule has 0 bridgehead atoms. The number of benzene rings is 2. The maximum Gasteiger partial charge on any atom is 0.219 e. The summed E-state index contributed by atoms with van der Waals surface area (Å²) in [7, 11) is 0. The fourth-order valence-electron chi connectivity index (χ4n) is 2.24. The van der Waals surface area contributed by atoms with Crippen molar-refractivity contribution in [1.82, 2.24) is 4.90 Å². The third-order valence-electron chi connectivity index (χ3n) is 3.64. The van der Waals surface area contributed by atoms with Gasteiger partial charge in [-0.15, -0.1) is 0 Å². The SMILES string of the molecule is Cc1c(Cl)cccc1NC(=S)N(CCC(N)=O)Cc1ccccc1. The number of hydrogen-bond donors (Lipinski definition) is 2. The van der Waals surface area contributed by atoms with Gasteiger partial charge in [-0.3, -0.25) is 4.79 Å². The fraction of sp³-hybridized carbons (Fsp3) is 0.222. The summed E-state index contributed by atoms with van der Waals surface area (Å²) in [6.07, 6.45) is 0.239. The molecule has 2 rings (SSSR count). The number of rotatable bonds is 6. The van der Waals surface area contributed by atoms with Crippen LogP contribution < -0.4 is 11.1 Å². The van der Waals surface area contributed by atoms with Crippen molar-refractivity contribution in [1.29, 1.82) is 0 Å². The third-order valence-corrected chi connectivity index (χ3v) is 4.41. The zero-order chi connectivity index (χ0) is 17.5. The Morgan fingerprint density at radius 1 is 1.21 bits per heavy atom. The summed E-state index contributed by atoms with van der Waals surface area (Å²) >= 11 is 11.7. The highest BCUT2D eigenvalue weighted by Gasteiger charge is 2.13. The van der Waals surface area contributed by atoms with Crippen molar-refractivity contribution in [3.63, 3.8) is 0 Å². The van der Waals surface area contributed by atoms with Gasteiger partial charge < -0.3 is 16.0 Å². The quantitative estimate of drug-likeness (QED) is 0.770. The standard InChI is InChI=1S/C18H20ClN3OS/c1-13-15(19)8-5-9-16(13)21-18(24)22(11-10-17(20)23)12-14-6-3-2-4-7-14/h2-9H,10-12H2,1H3,(H2,20,23)(H,21,24). The summed E-state index contributed by atoms with van der Waals surface area (Å²) in [5.74, 6) is -0.352. The van der Waals surface area contributed by atoms with Gasteiger partial charge in [-0.2, -0.15) is 0 Å². The Morgan fingerprint density at radius 3 is 2.58 bits per heavy atom. The number of nitrogens with two attached hydrogens (primary N) is 1. The normalized spacial score (nSPS) is 10.2. The molecule has 0 aliphatic carbocycles. The lowest BCUT2D eigenvalue weighted by Gasteiger charge is -2.26. The molecular weight excluding hydrogens is 342 g/mol. The van der Waals surface area contributed by atoms with E-state index in [2.05, 4.69) is 5.32 Å². The van der Waals surface area contributed by atoms with Crippen LogP contribution in [-0.2, 0) is 11.3 Å². The highest BCUT2D eigenvalue weighted by Crippen LogP contribution is 2.23. The van der Waals surface area contributed by atoms with E-state index in [9.17, 15) is 4.79 Å². The van der Waals surface area contributed by atoms with Gasteiger partial charge in [0, 0.05) is 30.2 Å². The Labute approximate surface area is 152 Å². The fourth-order valence-corrected chi connectivity index (χ4v) is 2.68. The van der Waals surface area contributed by atoms with Crippen molar-refractivity contribution in [3.05, 3.63) is 64.7 Å². The van der Waals surface area contributed by atoms with E-state index in [-0.39, 0.29) is 12.3 Å². The van der Waals surface area contributed by atoms with E-state index in [0.29, 0.717) is 23.2 Å². The first-order chi connectivity index (χ1) is 11.5. The highest BCUT2D eigenvalue weighted by molar-refractivity contribution is 7.80. The second kappa shape index (κ2) is 8.66. The molecule has 0 aliphatic rings. The van der Waals surface area contributed by atoms with Gasteiger partial charge in [0.15, 0.2) is 5.11 Å². The number of carbonyl (C=O) groups is 1. The molecule has 0 saturated heterocycles. The summed E-state index contributed by atoms with van der Waals surface area (Å²) in [6.45, 7) is 2.98. The zero-order valence-corrected chi connectivity index (χ0v) is 15.0. The molecule has 126 valence electrons. The number of hydrogen-bond acceptors (Lipinski definition) is 2.